The van der Waals surface area contributed by atoms with Gasteiger partial charge in [-0.1, -0.05) is 15.9 Å². The summed E-state index contributed by atoms with van der Waals surface area (Å²) in [4.78, 5) is 4.48. The summed E-state index contributed by atoms with van der Waals surface area (Å²) in [5, 5.41) is 9.31. The van der Waals surface area contributed by atoms with E-state index in [2.05, 4.69) is 57.5 Å². The molecule has 0 aliphatic rings. The van der Waals surface area contributed by atoms with E-state index in [1.165, 1.54) is 0 Å². The maximum atomic E-state index is 9.31. The molecule has 0 saturated heterocycles. The first-order valence-electron chi connectivity index (χ1n) is 7.32. The number of rotatable bonds is 3. The van der Waals surface area contributed by atoms with Crippen LogP contribution in [0, 0.1) is 13.8 Å². The Morgan fingerprint density at radius 2 is 1.65 bits per heavy atom. The van der Waals surface area contributed by atoms with E-state index < -0.39 is 0 Å². The number of aliphatic imine (C=N–C) groups is 1. The Morgan fingerprint density at radius 1 is 1.00 bits per heavy atom. The Balaban J connectivity index is 1.94. The number of hydrogen-bond acceptors (Lipinski definition) is 2. The van der Waals surface area contributed by atoms with Crippen molar-refractivity contribution in [3.63, 3.8) is 0 Å². The highest BCUT2D eigenvalue weighted by Crippen LogP contribution is 2.22. The van der Waals surface area contributed by atoms with Crippen LogP contribution in [-0.4, -0.2) is 15.9 Å². The molecular weight excluding hydrogens is 352 g/mol. The van der Waals surface area contributed by atoms with E-state index in [-0.39, 0.29) is 5.75 Å². The highest BCUT2D eigenvalue weighted by Gasteiger charge is 2.09. The number of nitrogens with zero attached hydrogens (tertiary/aromatic N) is 2. The number of hydrogen-bond donors (Lipinski definition) is 1. The molecule has 0 spiro atoms. The summed E-state index contributed by atoms with van der Waals surface area (Å²) in [7, 11) is 0. The number of aromatic hydroxyl groups is 1. The second-order valence-electron chi connectivity index (χ2n) is 5.41. The molecule has 116 valence electrons. The number of aryl methyl sites for hydroxylation is 1. The molecule has 0 atom stereocenters. The molecule has 0 aliphatic heterocycles. The molecule has 0 fully saturated rings. The lowest BCUT2D eigenvalue weighted by Crippen LogP contribution is -1.99. The van der Waals surface area contributed by atoms with Gasteiger partial charge in [0.2, 0.25) is 0 Å². The van der Waals surface area contributed by atoms with Crippen molar-refractivity contribution in [2.24, 2.45) is 4.99 Å². The predicted octanol–water partition coefficient (Wildman–Crippen LogP) is 5.31. The van der Waals surface area contributed by atoms with Crippen molar-refractivity contribution in [2.45, 2.75) is 13.8 Å². The van der Waals surface area contributed by atoms with Gasteiger partial charge in [-0.15, -0.1) is 0 Å². The van der Waals surface area contributed by atoms with Crippen molar-refractivity contribution >= 4 is 27.8 Å². The predicted molar refractivity (Wildman–Crippen MR) is 98.3 cm³/mol. The molecule has 0 aliphatic carbocycles. The minimum absolute atomic E-state index is 0.248. The summed E-state index contributed by atoms with van der Waals surface area (Å²) in [5.74, 6) is 0.248. The van der Waals surface area contributed by atoms with Crippen molar-refractivity contribution < 1.29 is 5.11 Å². The molecule has 0 bridgehead atoms. The molecule has 2 aromatic carbocycles. The summed E-state index contributed by atoms with van der Waals surface area (Å²) in [6, 6.07) is 17.2. The topological polar surface area (TPSA) is 37.5 Å². The van der Waals surface area contributed by atoms with Gasteiger partial charge in [0.05, 0.1) is 5.69 Å². The number of phenolic OH excluding ortho intramolecular Hbond substituents is 1. The summed E-state index contributed by atoms with van der Waals surface area (Å²) in [6.07, 6.45) is 1.87. The molecule has 1 N–H and O–H groups in total. The van der Waals surface area contributed by atoms with Gasteiger partial charge in [0.25, 0.3) is 0 Å². The van der Waals surface area contributed by atoms with E-state index >= 15 is 0 Å². The number of phenols is 1. The molecule has 4 heteroatoms. The maximum Gasteiger partial charge on any atom is 0.115 e. The quantitative estimate of drug-likeness (QED) is 0.624. The van der Waals surface area contributed by atoms with Crippen LogP contribution in [0.3, 0.4) is 0 Å². The van der Waals surface area contributed by atoms with Gasteiger partial charge in [0, 0.05) is 33.3 Å². The van der Waals surface area contributed by atoms with Gasteiger partial charge >= 0.3 is 0 Å². The molecule has 3 rings (SSSR count). The van der Waals surface area contributed by atoms with Crippen LogP contribution >= 0.6 is 15.9 Å². The monoisotopic (exact) mass is 368 g/mol. The number of benzene rings is 2. The second kappa shape index (κ2) is 6.42. The zero-order valence-electron chi connectivity index (χ0n) is 13.0. The van der Waals surface area contributed by atoms with Crippen molar-refractivity contribution in [2.75, 3.05) is 0 Å². The van der Waals surface area contributed by atoms with Crippen LogP contribution in [0.1, 0.15) is 17.0 Å². The average molecular weight is 369 g/mol. The normalized spacial score (nSPS) is 11.3. The fraction of sp³-hybridized carbons (Fsp3) is 0.105. The Hall–Kier alpha value is -2.33. The van der Waals surface area contributed by atoms with Crippen molar-refractivity contribution in [1.29, 1.82) is 0 Å². The Labute approximate surface area is 144 Å². The number of halogens is 1. The largest absolute Gasteiger partial charge is 0.508 e. The van der Waals surface area contributed by atoms with Crippen LogP contribution < -0.4 is 0 Å². The van der Waals surface area contributed by atoms with Crippen LogP contribution in [0.2, 0.25) is 0 Å². The molecule has 0 unspecified atom stereocenters. The Bertz CT molecular complexity index is 846. The van der Waals surface area contributed by atoms with Gasteiger partial charge in [-0.3, -0.25) is 4.99 Å². The SMILES string of the molecule is Cc1cc(C=Nc2ccc(O)cc2)c(C)n1-c1ccc(Br)cc1. The third kappa shape index (κ3) is 3.37. The number of aromatic nitrogens is 1. The Morgan fingerprint density at radius 3 is 2.30 bits per heavy atom. The fourth-order valence-electron chi connectivity index (χ4n) is 2.59. The molecule has 1 heterocycles. The molecule has 23 heavy (non-hydrogen) atoms. The molecule has 3 aromatic rings. The van der Waals surface area contributed by atoms with Crippen molar-refractivity contribution in [3.8, 4) is 11.4 Å². The van der Waals surface area contributed by atoms with Gasteiger partial charge in [0.1, 0.15) is 5.75 Å². The standard InChI is InChI=1S/C19H17BrN2O/c1-13-11-15(12-21-17-5-9-19(23)10-6-17)14(2)22(13)18-7-3-16(20)4-8-18/h3-12,23H,1-2H3. The van der Waals surface area contributed by atoms with Gasteiger partial charge < -0.3 is 9.67 Å². The second-order valence-corrected chi connectivity index (χ2v) is 6.33. The lowest BCUT2D eigenvalue weighted by atomic mass is 10.2. The van der Waals surface area contributed by atoms with Crippen LogP contribution in [0.5, 0.6) is 5.75 Å². The first kappa shape index (κ1) is 15.6. The van der Waals surface area contributed by atoms with Crippen LogP contribution in [0.4, 0.5) is 5.69 Å². The minimum atomic E-state index is 0.248. The van der Waals surface area contributed by atoms with Crippen LogP contribution in [0.25, 0.3) is 5.69 Å². The van der Waals surface area contributed by atoms with Crippen LogP contribution in [0.15, 0.2) is 64.1 Å². The first-order valence-corrected chi connectivity index (χ1v) is 8.12. The van der Waals surface area contributed by atoms with E-state index in [1.807, 2.05) is 18.3 Å². The highest BCUT2D eigenvalue weighted by molar-refractivity contribution is 9.10. The minimum Gasteiger partial charge on any atom is -0.508 e. The van der Waals surface area contributed by atoms with Crippen molar-refractivity contribution in [3.05, 3.63) is 76.0 Å². The van der Waals surface area contributed by atoms with Crippen LogP contribution in [-0.2, 0) is 0 Å². The first-order chi connectivity index (χ1) is 11.0. The summed E-state index contributed by atoms with van der Waals surface area (Å²) < 4.78 is 3.28. The van der Waals surface area contributed by atoms with E-state index in [0.29, 0.717) is 0 Å². The average Bonchev–Trinajstić information content (AvgIpc) is 2.82. The maximum absolute atomic E-state index is 9.31. The fourth-order valence-corrected chi connectivity index (χ4v) is 2.85. The van der Waals surface area contributed by atoms with E-state index in [9.17, 15) is 5.11 Å². The third-order valence-electron chi connectivity index (χ3n) is 3.76. The van der Waals surface area contributed by atoms with E-state index in [4.69, 9.17) is 0 Å². The zero-order valence-corrected chi connectivity index (χ0v) is 14.6. The van der Waals surface area contributed by atoms with E-state index in [1.54, 1.807) is 24.3 Å². The van der Waals surface area contributed by atoms with Gasteiger partial charge in [-0.25, -0.2) is 0 Å². The molecule has 1 aromatic heterocycles. The third-order valence-corrected chi connectivity index (χ3v) is 4.29. The highest BCUT2D eigenvalue weighted by atomic mass is 79.9. The molecule has 3 nitrogen and oxygen atoms in total. The lowest BCUT2D eigenvalue weighted by molar-refractivity contribution is 0.475. The van der Waals surface area contributed by atoms with E-state index in [0.717, 1.165) is 32.8 Å². The summed E-state index contributed by atoms with van der Waals surface area (Å²) in [5.41, 5.74) is 5.34. The molecule has 0 saturated carbocycles. The summed E-state index contributed by atoms with van der Waals surface area (Å²) >= 11 is 3.47. The van der Waals surface area contributed by atoms with Gasteiger partial charge in [0.15, 0.2) is 0 Å². The van der Waals surface area contributed by atoms with Gasteiger partial charge in [-0.2, -0.15) is 0 Å². The molecular formula is C19H17BrN2O. The molecule has 0 amide bonds. The Kier molecular flexibility index (Phi) is 4.35. The lowest BCUT2D eigenvalue weighted by Gasteiger charge is -2.09. The smallest absolute Gasteiger partial charge is 0.115 e. The zero-order chi connectivity index (χ0) is 16.4. The summed E-state index contributed by atoms with van der Waals surface area (Å²) in [6.45, 7) is 4.18. The van der Waals surface area contributed by atoms with Crippen molar-refractivity contribution in [1.82, 2.24) is 4.57 Å². The molecule has 0 radical (unpaired) electrons. The van der Waals surface area contributed by atoms with Gasteiger partial charge in [-0.05, 0) is 68.4 Å².